The number of ketones is 1. The number of aliphatic hydroxyl groups excluding tert-OH is 1. The summed E-state index contributed by atoms with van der Waals surface area (Å²) in [6, 6.07) is -0.441. The van der Waals surface area contributed by atoms with E-state index in [2.05, 4.69) is 89.7 Å². The maximum Gasteiger partial charge on any atom is 0.243 e. The molecule has 16 amide bonds. The number of aliphatic imine (C=N–C) groups is 2. The van der Waals surface area contributed by atoms with Gasteiger partial charge >= 0.3 is 0 Å². The maximum absolute atomic E-state index is 15.2. The number of nitrogens with one attached hydrogen (secondary N) is 15. The van der Waals surface area contributed by atoms with E-state index in [0.717, 1.165) is 5.56 Å². The predicted octanol–water partition coefficient (Wildman–Crippen LogP) is -7.38. The van der Waals surface area contributed by atoms with Gasteiger partial charge in [0, 0.05) is 32.6 Å². The zero-order chi connectivity index (χ0) is 91.1. The molecule has 0 aromatic heterocycles. The minimum absolute atomic E-state index is 0.00263. The van der Waals surface area contributed by atoms with Crippen LogP contribution in [0.1, 0.15) is 167 Å². The van der Waals surface area contributed by atoms with Gasteiger partial charge in [-0.3, -0.25) is 91.5 Å². The lowest BCUT2D eigenvalue weighted by atomic mass is 9.90. The van der Waals surface area contributed by atoms with Gasteiger partial charge in [-0.15, -0.1) is 0 Å². The van der Waals surface area contributed by atoms with Crippen LogP contribution in [0, 0.1) is 11.8 Å². The summed E-state index contributed by atoms with van der Waals surface area (Å²) in [5, 5.41) is 50.0. The molecule has 32 N–H and O–H groups in total. The van der Waals surface area contributed by atoms with E-state index in [9.17, 15) is 77.0 Å². The van der Waals surface area contributed by atoms with Gasteiger partial charge in [0.15, 0.2) is 17.7 Å². The third kappa shape index (κ3) is 40.5. The van der Waals surface area contributed by atoms with Crippen molar-refractivity contribution in [3.63, 3.8) is 0 Å². The highest BCUT2D eigenvalue weighted by Crippen LogP contribution is 2.19. The van der Waals surface area contributed by atoms with E-state index in [4.69, 9.17) is 45.9 Å². The molecule has 4 rings (SSSR count). The molecule has 1 unspecified atom stereocenters. The first kappa shape index (κ1) is 103. The monoisotopic (exact) mass is 1730 g/mol. The first-order valence-electron chi connectivity index (χ1n) is 41.7. The summed E-state index contributed by atoms with van der Waals surface area (Å²) in [6.07, 6.45) is -3.50. The van der Waals surface area contributed by atoms with E-state index in [-0.39, 0.29) is 166 Å². The van der Waals surface area contributed by atoms with Crippen LogP contribution in [-0.4, -0.2) is 248 Å². The van der Waals surface area contributed by atoms with Crippen molar-refractivity contribution in [1.82, 2.24) is 79.8 Å². The van der Waals surface area contributed by atoms with Crippen molar-refractivity contribution < 1.29 is 86.6 Å². The van der Waals surface area contributed by atoms with Gasteiger partial charge in [0.25, 0.3) is 0 Å². The molecule has 2 saturated heterocycles. The SMILES string of the molecule is CC(C)C[C@@H]1NC(=O)[C@H](CCCCN)NC(=O)[C@H](CCCN=C(N)N)NC(=O)[C@@H](NC(=O)[C@@H]2CC(=O)NCCCC[C@H](NC(=O)[C@@H](CC(=O)[C@H](Cc3ccccc3)NC(=O)CNC(=O)CNC(=O)[C@@H](N)Cc3ccccc3)C(C)O)C(=O)N[C@@H](C)C(=O)N[C@@H](CCCN=C(N)N)C(=O)N[C@@H](CCCCN)C(=O)N2)CCCCNC(=O)C[C@@H](C(N)=O)NC1=O. The number of primary amides is 1. The highest BCUT2D eigenvalue weighted by atomic mass is 16.3. The zero-order valence-electron chi connectivity index (χ0n) is 70.5. The van der Waals surface area contributed by atoms with Gasteiger partial charge < -0.3 is 131 Å². The number of aliphatic hydroxyl groups is 1. The molecule has 2 aliphatic rings. The molecule has 14 atom stereocenters. The van der Waals surface area contributed by atoms with Gasteiger partial charge in [-0.05, 0) is 166 Å². The molecule has 2 heterocycles. The van der Waals surface area contributed by atoms with Crippen LogP contribution >= 0.6 is 0 Å². The van der Waals surface area contributed by atoms with Crippen LogP contribution in [0.3, 0.4) is 0 Å². The second-order valence-electron chi connectivity index (χ2n) is 31.0. The minimum atomic E-state index is -1.90. The Bertz CT molecular complexity index is 3910. The van der Waals surface area contributed by atoms with Gasteiger partial charge in [0.1, 0.15) is 60.4 Å². The summed E-state index contributed by atoms with van der Waals surface area (Å²) in [4.78, 5) is 248. The molecule has 0 aliphatic carbocycles. The number of unbranched alkanes of at least 4 members (excludes halogenated alkanes) is 2. The highest BCUT2D eigenvalue weighted by molar-refractivity contribution is 6.01. The van der Waals surface area contributed by atoms with E-state index in [1.54, 1.807) is 74.5 Å². The predicted molar refractivity (Wildman–Crippen MR) is 453 cm³/mol. The standard InChI is InChI=1S/C80H129N25O18/c1-45(2)37-60-77(122)103-59(67(84)112)41-63(108)89-33-18-14-28-55(72(117)101-57(30-20-36-92-80(87)88)74(119)100-53(75(120)104-60)25-11-15-31-81)102-78(123)61-42-64(109)90-34-17-13-27-52(71(116)95-46(3)68(113)97-56(29-19-35-91-79(85)86)73(118)99-54(76(121)105-61)26-12-16-32-82)98-69(114)50(47(4)106)40-62(107)58(39-49-23-9-6-10-24-49)96-66(111)44-93-65(110)43-94-70(115)51(83)38-48-21-7-5-8-22-48/h5-10,21-24,45-47,50-61,106H,11-20,25-44,81-83H2,1-4H3,(H2,84,112)(H,89,108)(H,90,109)(H,93,110)(H,94,115)(H,95,116)(H,96,111)(H,97,113)(H,98,114)(H,99,118)(H,100,119)(H,101,117)(H,102,123)(H,103,122)(H,104,120)(H,105,121)(H4,85,86,91)(H4,87,88,92)/t46-,47?,50-,51-,52-,53-,54-,55-,56-,57-,58-,59-,60-,61-/m0/s1. The molecule has 0 radical (unpaired) electrons. The van der Waals surface area contributed by atoms with Crippen molar-refractivity contribution in [2.75, 3.05) is 52.4 Å². The summed E-state index contributed by atoms with van der Waals surface area (Å²) >= 11 is 0. The van der Waals surface area contributed by atoms with Gasteiger partial charge in [-0.1, -0.05) is 74.5 Å². The number of nitrogens with two attached hydrogens (primary N) is 8. The Hall–Kier alpha value is -12.0. The van der Waals surface area contributed by atoms with Crippen LogP contribution in [0.4, 0.5) is 0 Å². The molecule has 43 nitrogen and oxygen atoms in total. The highest BCUT2D eigenvalue weighted by Gasteiger charge is 2.39. The molecular formula is C80H129N25O18. The first-order valence-corrected chi connectivity index (χ1v) is 41.7. The lowest BCUT2D eigenvalue weighted by Crippen LogP contribution is -2.61. The Morgan fingerprint density at radius 2 is 0.919 bits per heavy atom. The summed E-state index contributed by atoms with van der Waals surface area (Å²) in [5.74, 6) is -17.8. The normalized spacial score (nSPS) is 22.2. The number of carbonyl (C=O) groups excluding carboxylic acids is 17. The maximum atomic E-state index is 15.2. The Morgan fingerprint density at radius 1 is 0.488 bits per heavy atom. The Balaban J connectivity index is 1.74. The number of guanidine groups is 2. The van der Waals surface area contributed by atoms with Gasteiger partial charge in [0.2, 0.25) is 94.5 Å². The van der Waals surface area contributed by atoms with Crippen LogP contribution in [0.15, 0.2) is 70.6 Å². The quantitative estimate of drug-likeness (QED) is 0.0170. The van der Waals surface area contributed by atoms with Gasteiger partial charge in [-0.2, -0.15) is 0 Å². The largest absolute Gasteiger partial charge is 0.393 e. The summed E-state index contributed by atoms with van der Waals surface area (Å²) in [7, 11) is 0. The number of hydrogen-bond donors (Lipinski definition) is 24. The van der Waals surface area contributed by atoms with E-state index >= 15 is 9.59 Å². The number of amides is 16. The van der Waals surface area contributed by atoms with Crippen molar-refractivity contribution >= 4 is 112 Å². The fourth-order valence-corrected chi connectivity index (χ4v) is 13.2. The molecule has 2 aromatic carbocycles. The molecular weight excluding hydrogens is 1600 g/mol. The Labute approximate surface area is 715 Å². The molecule has 2 fully saturated rings. The number of Topliss-reactive ketones (excluding diaryl/α,β-unsaturated/α-hetero) is 1. The summed E-state index contributed by atoms with van der Waals surface area (Å²) < 4.78 is 0. The molecule has 0 spiro atoms. The summed E-state index contributed by atoms with van der Waals surface area (Å²) in [6.45, 7) is 4.71. The number of benzene rings is 2. The third-order valence-corrected chi connectivity index (χ3v) is 20.1. The van der Waals surface area contributed by atoms with Crippen LogP contribution in [0.25, 0.3) is 0 Å². The molecule has 2 aliphatic heterocycles. The van der Waals surface area contributed by atoms with Crippen LogP contribution in [0.2, 0.25) is 0 Å². The van der Waals surface area contributed by atoms with Gasteiger partial charge in [0.05, 0.1) is 50.0 Å². The molecule has 0 bridgehead atoms. The number of nitrogens with zero attached hydrogens (tertiary/aromatic N) is 2. The van der Waals surface area contributed by atoms with Crippen molar-refractivity contribution in [2.45, 2.75) is 248 Å². The second-order valence-corrected chi connectivity index (χ2v) is 31.0. The smallest absolute Gasteiger partial charge is 0.243 e. The van der Waals surface area contributed by atoms with E-state index in [1.807, 2.05) is 0 Å². The average molecular weight is 1730 g/mol. The number of carbonyl (C=O) groups is 17. The molecule has 682 valence electrons. The Kier molecular flexibility index (Phi) is 46.9. The van der Waals surface area contributed by atoms with Crippen molar-refractivity contribution in [3.05, 3.63) is 71.8 Å². The van der Waals surface area contributed by atoms with Crippen molar-refractivity contribution in [2.24, 2.45) is 67.7 Å². The second kappa shape index (κ2) is 55.8. The average Bonchev–Trinajstić information content (AvgIpc) is 0.857. The minimum Gasteiger partial charge on any atom is -0.393 e. The van der Waals surface area contributed by atoms with Crippen molar-refractivity contribution in [1.29, 1.82) is 0 Å². The molecule has 43 heteroatoms. The third-order valence-electron chi connectivity index (χ3n) is 20.1. The van der Waals surface area contributed by atoms with Crippen LogP contribution < -0.4 is 126 Å². The number of rotatable bonds is 37. The van der Waals surface area contributed by atoms with Crippen LogP contribution in [-0.2, 0) is 94.3 Å². The zero-order valence-corrected chi connectivity index (χ0v) is 70.5. The van der Waals surface area contributed by atoms with E-state index in [0.29, 0.717) is 18.4 Å². The van der Waals surface area contributed by atoms with E-state index in [1.165, 1.54) is 13.8 Å². The lowest BCUT2D eigenvalue weighted by Gasteiger charge is -2.29. The molecule has 0 saturated carbocycles. The fraction of sp³-hybridized carbons (Fsp3) is 0.613. The summed E-state index contributed by atoms with van der Waals surface area (Å²) in [5.41, 5.74) is 47.2. The Morgan fingerprint density at radius 3 is 1.41 bits per heavy atom. The lowest BCUT2D eigenvalue weighted by molar-refractivity contribution is -0.138. The fourth-order valence-electron chi connectivity index (χ4n) is 13.2. The molecule has 123 heavy (non-hydrogen) atoms. The first-order chi connectivity index (χ1) is 58.5. The molecule has 2 aromatic rings. The van der Waals surface area contributed by atoms with Gasteiger partial charge in [-0.25, -0.2) is 0 Å². The van der Waals surface area contributed by atoms with E-state index < -0.39 is 217 Å². The van der Waals surface area contributed by atoms with Crippen LogP contribution in [0.5, 0.6) is 0 Å². The topological polar surface area (TPSA) is 724 Å². The van der Waals surface area contributed by atoms with Crippen molar-refractivity contribution in [3.8, 4) is 0 Å². The number of hydrogen-bond acceptors (Lipinski definition) is 23.